The van der Waals surface area contributed by atoms with Gasteiger partial charge < -0.3 is 15.0 Å². The number of benzene rings is 2. The van der Waals surface area contributed by atoms with E-state index in [1.165, 1.54) is 11.1 Å². The molecule has 0 spiro atoms. The van der Waals surface area contributed by atoms with E-state index in [2.05, 4.69) is 41.4 Å². The number of Topliss-reactive ketones (excluding diaryl/α,β-unsaturated/α-hetero) is 1. The summed E-state index contributed by atoms with van der Waals surface area (Å²) in [5.74, 6) is 0.485. The fourth-order valence-corrected chi connectivity index (χ4v) is 2.93. The van der Waals surface area contributed by atoms with Crippen molar-refractivity contribution >= 4 is 11.7 Å². The Bertz CT molecular complexity index is 767. The summed E-state index contributed by atoms with van der Waals surface area (Å²) in [6, 6.07) is 15.5. The lowest BCUT2D eigenvalue weighted by Gasteiger charge is -2.25. The molecule has 0 saturated heterocycles. The number of likely N-dealkylation sites (N-methyl/N-ethyl adjacent to an activating group) is 1. The highest BCUT2D eigenvalue weighted by Gasteiger charge is 2.15. The molecule has 0 aliphatic carbocycles. The summed E-state index contributed by atoms with van der Waals surface area (Å²) in [7, 11) is 4.00. The van der Waals surface area contributed by atoms with Gasteiger partial charge in [-0.05, 0) is 55.9 Å². The quantitative estimate of drug-likeness (QED) is 0.638. The maximum Gasteiger partial charge on any atom is 0.258 e. The molecule has 28 heavy (non-hydrogen) atoms. The maximum atomic E-state index is 12.2. The molecular formula is C23H30N2O3. The first-order valence-electron chi connectivity index (χ1n) is 9.72. The summed E-state index contributed by atoms with van der Waals surface area (Å²) in [6.07, 6.45) is 1.48. The number of ether oxygens (including phenoxy) is 1. The number of amides is 1. The molecule has 1 N–H and O–H groups in total. The van der Waals surface area contributed by atoms with Crippen LogP contribution in [0.3, 0.4) is 0 Å². The Kier molecular flexibility index (Phi) is 8.20. The average Bonchev–Trinajstić information content (AvgIpc) is 2.72. The predicted molar refractivity (Wildman–Crippen MR) is 112 cm³/mol. The zero-order valence-corrected chi connectivity index (χ0v) is 17.2. The topological polar surface area (TPSA) is 58.6 Å². The highest BCUT2D eigenvalue weighted by atomic mass is 16.5. The minimum Gasteiger partial charge on any atom is -0.484 e. The first-order valence-corrected chi connectivity index (χ1v) is 9.72. The molecule has 150 valence electrons. The van der Waals surface area contributed by atoms with Gasteiger partial charge in [0.15, 0.2) is 12.4 Å². The van der Waals surface area contributed by atoms with Crippen LogP contribution in [0.1, 0.15) is 47.8 Å². The Morgan fingerprint density at radius 1 is 1.00 bits per heavy atom. The number of carbonyl (C=O) groups is 2. The average molecular weight is 383 g/mol. The van der Waals surface area contributed by atoms with Crippen molar-refractivity contribution in [1.82, 2.24) is 10.2 Å². The number of rotatable bonds is 10. The Morgan fingerprint density at radius 2 is 1.64 bits per heavy atom. The van der Waals surface area contributed by atoms with Gasteiger partial charge in [-0.1, -0.05) is 38.1 Å². The van der Waals surface area contributed by atoms with Crippen LogP contribution in [-0.2, 0) is 11.2 Å². The van der Waals surface area contributed by atoms with E-state index >= 15 is 0 Å². The summed E-state index contributed by atoms with van der Waals surface area (Å²) >= 11 is 0. The van der Waals surface area contributed by atoms with E-state index in [-0.39, 0.29) is 24.3 Å². The number of nitrogens with zero attached hydrogens (tertiary/aromatic N) is 1. The molecule has 0 aromatic heterocycles. The van der Waals surface area contributed by atoms with E-state index < -0.39 is 0 Å². The van der Waals surface area contributed by atoms with Gasteiger partial charge in [0.05, 0.1) is 6.04 Å². The number of hydrogen-bond acceptors (Lipinski definition) is 4. The van der Waals surface area contributed by atoms with Crippen molar-refractivity contribution in [2.24, 2.45) is 0 Å². The summed E-state index contributed by atoms with van der Waals surface area (Å²) in [4.78, 5) is 25.9. The zero-order valence-electron chi connectivity index (χ0n) is 17.2. The summed E-state index contributed by atoms with van der Waals surface area (Å²) < 4.78 is 5.53. The molecule has 0 bridgehead atoms. The fraction of sp³-hybridized carbons (Fsp3) is 0.391. The molecule has 1 amide bonds. The van der Waals surface area contributed by atoms with Gasteiger partial charge >= 0.3 is 0 Å². The number of ketones is 1. The van der Waals surface area contributed by atoms with Crippen molar-refractivity contribution in [3.05, 3.63) is 65.2 Å². The van der Waals surface area contributed by atoms with Gasteiger partial charge in [0.2, 0.25) is 0 Å². The Balaban J connectivity index is 1.86. The van der Waals surface area contributed by atoms with E-state index in [1.54, 1.807) is 24.3 Å². The lowest BCUT2D eigenvalue weighted by atomic mass is 10.0. The van der Waals surface area contributed by atoms with Crippen molar-refractivity contribution in [3.8, 4) is 5.75 Å². The van der Waals surface area contributed by atoms with Gasteiger partial charge in [0.25, 0.3) is 5.91 Å². The highest BCUT2D eigenvalue weighted by molar-refractivity contribution is 5.95. The highest BCUT2D eigenvalue weighted by Crippen LogP contribution is 2.18. The maximum absolute atomic E-state index is 12.2. The molecule has 0 fully saturated rings. The van der Waals surface area contributed by atoms with Crippen molar-refractivity contribution in [2.45, 2.75) is 32.7 Å². The van der Waals surface area contributed by atoms with Crippen LogP contribution in [0.2, 0.25) is 0 Å². The molecule has 5 nitrogen and oxygen atoms in total. The lowest BCUT2D eigenvalue weighted by Crippen LogP contribution is -2.36. The molecule has 0 aliphatic heterocycles. The van der Waals surface area contributed by atoms with Gasteiger partial charge in [-0.3, -0.25) is 9.59 Å². The van der Waals surface area contributed by atoms with Crippen molar-refractivity contribution in [1.29, 1.82) is 0 Å². The molecule has 2 rings (SSSR count). The summed E-state index contributed by atoms with van der Waals surface area (Å²) in [5.41, 5.74) is 3.12. The standard InChI is InChI=1S/C23H30N2O3/c1-5-17-7-9-18(10-8-17)21(25(3)4)15-24-23(27)16-28-20-13-11-19(12-14-20)22(26)6-2/h7-14,21H,5-6,15-16H2,1-4H3,(H,24,27)/t21-/m1/s1. The third kappa shape index (κ3) is 6.20. The van der Waals surface area contributed by atoms with E-state index in [1.807, 2.05) is 21.0 Å². The number of aryl methyl sites for hydroxylation is 1. The molecule has 0 saturated carbocycles. The van der Waals surface area contributed by atoms with Crippen LogP contribution >= 0.6 is 0 Å². The third-order valence-electron chi connectivity index (χ3n) is 4.76. The molecule has 2 aromatic carbocycles. The van der Waals surface area contributed by atoms with Crippen LogP contribution in [0.5, 0.6) is 5.75 Å². The first kappa shape index (κ1) is 21.6. The van der Waals surface area contributed by atoms with Crippen molar-refractivity contribution < 1.29 is 14.3 Å². The van der Waals surface area contributed by atoms with Crippen LogP contribution < -0.4 is 10.1 Å². The zero-order chi connectivity index (χ0) is 20.5. The molecule has 0 unspecified atom stereocenters. The van der Waals surface area contributed by atoms with Gasteiger partial charge in [0, 0.05) is 18.5 Å². The number of hydrogen-bond donors (Lipinski definition) is 1. The Morgan fingerprint density at radius 3 is 2.18 bits per heavy atom. The van der Waals surface area contributed by atoms with Crippen LogP contribution in [0.4, 0.5) is 0 Å². The second-order valence-corrected chi connectivity index (χ2v) is 6.97. The molecule has 2 aromatic rings. The van der Waals surface area contributed by atoms with Crippen molar-refractivity contribution in [3.63, 3.8) is 0 Å². The van der Waals surface area contributed by atoms with Crippen LogP contribution in [-0.4, -0.2) is 43.8 Å². The van der Waals surface area contributed by atoms with E-state index in [9.17, 15) is 9.59 Å². The Labute approximate surface area is 167 Å². The second kappa shape index (κ2) is 10.6. The third-order valence-corrected chi connectivity index (χ3v) is 4.76. The second-order valence-electron chi connectivity index (χ2n) is 6.97. The van der Waals surface area contributed by atoms with E-state index in [4.69, 9.17) is 4.74 Å². The summed E-state index contributed by atoms with van der Waals surface area (Å²) in [6.45, 7) is 4.41. The van der Waals surface area contributed by atoms with Gasteiger partial charge in [-0.25, -0.2) is 0 Å². The monoisotopic (exact) mass is 382 g/mol. The van der Waals surface area contributed by atoms with E-state index in [0.717, 1.165) is 6.42 Å². The smallest absolute Gasteiger partial charge is 0.258 e. The van der Waals surface area contributed by atoms with Crippen molar-refractivity contribution in [2.75, 3.05) is 27.2 Å². The fourth-order valence-electron chi connectivity index (χ4n) is 2.93. The Hall–Kier alpha value is -2.66. The lowest BCUT2D eigenvalue weighted by molar-refractivity contribution is -0.123. The molecule has 1 atom stereocenters. The number of carbonyl (C=O) groups excluding carboxylic acids is 2. The van der Waals surface area contributed by atoms with Gasteiger partial charge in [-0.2, -0.15) is 0 Å². The first-order chi connectivity index (χ1) is 13.4. The SMILES string of the molecule is CCC(=O)c1ccc(OCC(=O)NC[C@H](c2ccc(CC)cc2)N(C)C)cc1. The molecule has 0 radical (unpaired) electrons. The largest absolute Gasteiger partial charge is 0.484 e. The molecule has 0 heterocycles. The minimum absolute atomic E-state index is 0.0595. The van der Waals surface area contributed by atoms with Crippen LogP contribution in [0, 0.1) is 0 Å². The van der Waals surface area contributed by atoms with Crippen LogP contribution in [0.25, 0.3) is 0 Å². The normalized spacial score (nSPS) is 11.9. The predicted octanol–water partition coefficient (Wildman–Crippen LogP) is 3.64. The minimum atomic E-state index is -0.175. The molecule has 0 aliphatic rings. The number of nitrogens with one attached hydrogen (secondary N) is 1. The van der Waals surface area contributed by atoms with E-state index in [0.29, 0.717) is 24.3 Å². The molecule has 5 heteroatoms. The summed E-state index contributed by atoms with van der Waals surface area (Å²) in [5, 5.41) is 2.94. The van der Waals surface area contributed by atoms with Crippen LogP contribution in [0.15, 0.2) is 48.5 Å². The molecular weight excluding hydrogens is 352 g/mol. The van der Waals surface area contributed by atoms with Gasteiger partial charge in [0.1, 0.15) is 5.75 Å². The van der Waals surface area contributed by atoms with Gasteiger partial charge in [-0.15, -0.1) is 0 Å².